The van der Waals surface area contributed by atoms with Crippen LogP contribution in [-0.4, -0.2) is 44.9 Å². The molecular formula is C25H22N2O6S. The Hall–Kier alpha value is -3.66. The van der Waals surface area contributed by atoms with Crippen molar-refractivity contribution in [3.8, 4) is 11.5 Å². The van der Waals surface area contributed by atoms with E-state index in [1.807, 2.05) is 36.4 Å². The third-order valence-corrected chi connectivity index (χ3v) is 7.32. The number of furan rings is 1. The molecule has 1 fully saturated rings. The van der Waals surface area contributed by atoms with Gasteiger partial charge in [-0.25, -0.2) is 8.42 Å². The van der Waals surface area contributed by atoms with Gasteiger partial charge in [0, 0.05) is 18.5 Å². The molecule has 1 aliphatic heterocycles. The summed E-state index contributed by atoms with van der Waals surface area (Å²) in [6.07, 6.45) is 0. The third-order valence-electron chi connectivity index (χ3n) is 5.43. The van der Waals surface area contributed by atoms with Gasteiger partial charge < -0.3 is 19.2 Å². The Labute approximate surface area is 196 Å². The van der Waals surface area contributed by atoms with Crippen molar-refractivity contribution in [3.05, 3.63) is 84.6 Å². The molecule has 0 atom stereocenters. The fourth-order valence-electron chi connectivity index (χ4n) is 3.69. The summed E-state index contributed by atoms with van der Waals surface area (Å²) in [5, 5.41) is 3.55. The molecule has 8 nitrogen and oxygen atoms in total. The predicted octanol–water partition coefficient (Wildman–Crippen LogP) is 4.50. The lowest BCUT2D eigenvalue weighted by atomic mass is 10.2. The minimum Gasteiger partial charge on any atom is -0.455 e. The Morgan fingerprint density at radius 1 is 0.912 bits per heavy atom. The second-order valence-electron chi connectivity index (χ2n) is 7.69. The number of benzene rings is 3. The average molecular weight is 479 g/mol. The zero-order valence-corrected chi connectivity index (χ0v) is 19.0. The quantitative estimate of drug-likeness (QED) is 0.438. The monoisotopic (exact) mass is 478 g/mol. The third kappa shape index (κ3) is 4.54. The molecule has 0 aliphatic carbocycles. The van der Waals surface area contributed by atoms with Gasteiger partial charge in [-0.15, -0.1) is 0 Å². The summed E-state index contributed by atoms with van der Waals surface area (Å²) in [5.74, 6) is 0.436. The summed E-state index contributed by atoms with van der Waals surface area (Å²) < 4.78 is 44.6. The summed E-state index contributed by atoms with van der Waals surface area (Å²) in [7, 11) is -3.77. The Bertz CT molecular complexity index is 1390. The number of carbonyl (C=O) groups is 1. The molecule has 0 bridgehead atoms. The number of para-hydroxylation sites is 2. The number of nitrogens with one attached hydrogen (secondary N) is 1. The van der Waals surface area contributed by atoms with Crippen molar-refractivity contribution in [2.45, 2.75) is 4.90 Å². The van der Waals surface area contributed by atoms with Gasteiger partial charge in [0.15, 0.2) is 11.5 Å². The molecule has 1 aromatic heterocycles. The molecule has 34 heavy (non-hydrogen) atoms. The van der Waals surface area contributed by atoms with E-state index in [-0.39, 0.29) is 29.4 Å². The van der Waals surface area contributed by atoms with Crippen LogP contribution in [0.5, 0.6) is 11.5 Å². The number of carbonyl (C=O) groups excluding carboxylic acids is 1. The molecule has 0 unspecified atom stereocenters. The van der Waals surface area contributed by atoms with Crippen molar-refractivity contribution in [2.24, 2.45) is 0 Å². The first-order valence-electron chi connectivity index (χ1n) is 10.8. The van der Waals surface area contributed by atoms with Crippen LogP contribution < -0.4 is 10.1 Å². The zero-order chi connectivity index (χ0) is 23.5. The predicted molar refractivity (Wildman–Crippen MR) is 127 cm³/mol. The van der Waals surface area contributed by atoms with Gasteiger partial charge in [0.1, 0.15) is 11.3 Å². The molecule has 2 heterocycles. The first kappa shape index (κ1) is 22.1. The van der Waals surface area contributed by atoms with E-state index in [4.69, 9.17) is 13.9 Å². The second-order valence-corrected chi connectivity index (χ2v) is 9.63. The van der Waals surface area contributed by atoms with Crippen LogP contribution in [0.1, 0.15) is 10.6 Å². The van der Waals surface area contributed by atoms with Crippen LogP contribution in [0.2, 0.25) is 0 Å². The van der Waals surface area contributed by atoms with Crippen molar-refractivity contribution >= 4 is 32.6 Å². The maximum atomic E-state index is 13.2. The van der Waals surface area contributed by atoms with E-state index in [0.717, 1.165) is 5.39 Å². The van der Waals surface area contributed by atoms with Crippen molar-refractivity contribution in [1.29, 1.82) is 0 Å². The molecule has 1 saturated heterocycles. The van der Waals surface area contributed by atoms with Gasteiger partial charge in [-0.3, -0.25) is 4.79 Å². The fraction of sp³-hybridized carbons (Fsp3) is 0.160. The van der Waals surface area contributed by atoms with Gasteiger partial charge in [0.25, 0.3) is 5.91 Å². The number of ether oxygens (including phenoxy) is 2. The molecule has 0 saturated carbocycles. The van der Waals surface area contributed by atoms with Crippen LogP contribution in [0.25, 0.3) is 11.0 Å². The van der Waals surface area contributed by atoms with Gasteiger partial charge in [-0.2, -0.15) is 4.31 Å². The normalized spacial score (nSPS) is 14.7. The maximum absolute atomic E-state index is 13.2. The molecule has 5 rings (SSSR count). The number of sulfonamides is 1. The number of nitrogens with zero attached hydrogens (tertiary/aromatic N) is 1. The Morgan fingerprint density at radius 2 is 1.65 bits per heavy atom. The van der Waals surface area contributed by atoms with Crippen LogP contribution in [0.3, 0.4) is 0 Å². The van der Waals surface area contributed by atoms with Gasteiger partial charge in [0.05, 0.1) is 23.8 Å². The van der Waals surface area contributed by atoms with Crippen molar-refractivity contribution in [1.82, 2.24) is 4.31 Å². The zero-order valence-electron chi connectivity index (χ0n) is 18.1. The topological polar surface area (TPSA) is 98.1 Å². The number of hydrogen-bond donors (Lipinski definition) is 1. The van der Waals surface area contributed by atoms with E-state index in [0.29, 0.717) is 30.3 Å². The summed E-state index contributed by atoms with van der Waals surface area (Å²) in [6, 6.07) is 22.4. The lowest BCUT2D eigenvalue weighted by Gasteiger charge is -2.26. The number of hydrogen-bond acceptors (Lipinski definition) is 6. The molecule has 9 heteroatoms. The van der Waals surface area contributed by atoms with Gasteiger partial charge >= 0.3 is 0 Å². The SMILES string of the molecule is O=C(Nc1cc(S(=O)(=O)N2CCOCC2)ccc1Oc1ccccc1)c1cc2ccccc2o1. The van der Waals surface area contributed by atoms with Crippen LogP contribution in [-0.2, 0) is 14.8 Å². The van der Waals surface area contributed by atoms with Gasteiger partial charge in [-0.1, -0.05) is 36.4 Å². The van der Waals surface area contributed by atoms with Crippen LogP contribution >= 0.6 is 0 Å². The highest BCUT2D eigenvalue weighted by molar-refractivity contribution is 7.89. The molecule has 174 valence electrons. The van der Waals surface area contributed by atoms with Crippen molar-refractivity contribution < 1.29 is 27.1 Å². The fourth-order valence-corrected chi connectivity index (χ4v) is 5.12. The largest absolute Gasteiger partial charge is 0.455 e. The van der Waals surface area contributed by atoms with E-state index >= 15 is 0 Å². The van der Waals surface area contributed by atoms with E-state index in [9.17, 15) is 13.2 Å². The molecule has 0 radical (unpaired) electrons. The van der Waals surface area contributed by atoms with Crippen LogP contribution in [0, 0.1) is 0 Å². The number of fused-ring (bicyclic) bond motifs is 1. The molecular weight excluding hydrogens is 456 g/mol. The number of anilines is 1. The van der Waals surface area contributed by atoms with Gasteiger partial charge in [0.2, 0.25) is 10.0 Å². The molecule has 0 spiro atoms. The Morgan fingerprint density at radius 3 is 2.41 bits per heavy atom. The molecule has 3 aromatic carbocycles. The molecule has 1 N–H and O–H groups in total. The van der Waals surface area contributed by atoms with E-state index < -0.39 is 15.9 Å². The molecule has 1 aliphatic rings. The standard InChI is InChI=1S/C25H22N2O6S/c28-25(24-16-18-6-4-5-9-22(18)33-24)26-21-17-20(34(29,30)27-12-14-31-15-13-27)10-11-23(21)32-19-7-2-1-3-8-19/h1-11,16-17H,12-15H2,(H,26,28). The lowest BCUT2D eigenvalue weighted by Crippen LogP contribution is -2.40. The highest BCUT2D eigenvalue weighted by Gasteiger charge is 2.27. The van der Waals surface area contributed by atoms with E-state index in [1.54, 1.807) is 24.3 Å². The minimum atomic E-state index is -3.77. The van der Waals surface area contributed by atoms with Crippen LogP contribution in [0.15, 0.2) is 88.2 Å². The van der Waals surface area contributed by atoms with E-state index in [2.05, 4.69) is 5.32 Å². The van der Waals surface area contributed by atoms with Crippen molar-refractivity contribution in [3.63, 3.8) is 0 Å². The average Bonchev–Trinajstić information content (AvgIpc) is 3.31. The summed E-state index contributed by atoms with van der Waals surface area (Å²) >= 11 is 0. The smallest absolute Gasteiger partial charge is 0.291 e. The first-order chi connectivity index (χ1) is 16.5. The van der Waals surface area contributed by atoms with Crippen LogP contribution in [0.4, 0.5) is 5.69 Å². The first-order valence-corrected chi connectivity index (χ1v) is 12.2. The molecule has 1 amide bonds. The maximum Gasteiger partial charge on any atom is 0.291 e. The van der Waals surface area contributed by atoms with Gasteiger partial charge in [-0.05, 0) is 42.5 Å². The number of amides is 1. The van der Waals surface area contributed by atoms with E-state index in [1.165, 1.54) is 22.5 Å². The van der Waals surface area contributed by atoms with Crippen molar-refractivity contribution in [2.75, 3.05) is 31.6 Å². The number of rotatable bonds is 6. The highest BCUT2D eigenvalue weighted by atomic mass is 32.2. The Balaban J connectivity index is 1.50. The minimum absolute atomic E-state index is 0.0507. The number of morpholine rings is 1. The summed E-state index contributed by atoms with van der Waals surface area (Å²) in [6.45, 7) is 1.21. The summed E-state index contributed by atoms with van der Waals surface area (Å²) in [5.41, 5.74) is 0.792. The lowest BCUT2D eigenvalue weighted by molar-refractivity contribution is 0.0730. The Kier molecular flexibility index (Phi) is 6.06. The molecule has 4 aromatic rings. The second kappa shape index (κ2) is 9.30. The highest BCUT2D eigenvalue weighted by Crippen LogP contribution is 2.33. The summed E-state index contributed by atoms with van der Waals surface area (Å²) in [4.78, 5) is 13.1.